The van der Waals surface area contributed by atoms with Gasteiger partial charge in [-0.3, -0.25) is 4.90 Å². The van der Waals surface area contributed by atoms with Crippen LogP contribution in [-0.4, -0.2) is 30.1 Å². The molecule has 1 aromatic heterocycles. The summed E-state index contributed by atoms with van der Waals surface area (Å²) in [5, 5.41) is 5.93. The van der Waals surface area contributed by atoms with Crippen LogP contribution in [0, 0.1) is 0 Å². The van der Waals surface area contributed by atoms with Crippen molar-refractivity contribution >= 4 is 11.3 Å². The summed E-state index contributed by atoms with van der Waals surface area (Å²) >= 11 is 1.86. The molecule has 1 aromatic rings. The first-order chi connectivity index (χ1) is 7.83. The number of hydrogen-bond acceptors (Lipinski definition) is 3. The molecule has 2 aliphatic rings. The fourth-order valence-electron chi connectivity index (χ4n) is 2.67. The average Bonchev–Trinajstić information content (AvgIpc) is 2.82. The van der Waals surface area contributed by atoms with E-state index in [1.54, 1.807) is 0 Å². The highest BCUT2D eigenvalue weighted by atomic mass is 32.1. The maximum absolute atomic E-state index is 3.76. The average molecular weight is 236 g/mol. The Labute approximate surface area is 102 Å². The van der Waals surface area contributed by atoms with Crippen LogP contribution in [0.1, 0.15) is 37.1 Å². The molecule has 1 saturated carbocycles. The van der Waals surface area contributed by atoms with E-state index in [-0.39, 0.29) is 0 Å². The van der Waals surface area contributed by atoms with Gasteiger partial charge in [0.2, 0.25) is 0 Å². The molecule has 0 bridgehead atoms. The van der Waals surface area contributed by atoms with Crippen LogP contribution in [0.4, 0.5) is 0 Å². The molecule has 1 aliphatic carbocycles. The summed E-state index contributed by atoms with van der Waals surface area (Å²) in [4.78, 5) is 4.13. The predicted octanol–water partition coefficient (Wildman–Crippen LogP) is 2.64. The molecule has 3 heteroatoms. The Morgan fingerprint density at radius 1 is 1.44 bits per heavy atom. The van der Waals surface area contributed by atoms with Gasteiger partial charge in [-0.2, -0.15) is 0 Å². The van der Waals surface area contributed by atoms with Crippen LogP contribution in [0.5, 0.6) is 0 Å². The Morgan fingerprint density at radius 3 is 3.00 bits per heavy atom. The molecule has 2 nitrogen and oxygen atoms in total. The molecule has 0 amide bonds. The van der Waals surface area contributed by atoms with Gasteiger partial charge in [0.15, 0.2) is 0 Å². The minimum Gasteiger partial charge on any atom is -0.305 e. The Bertz CT molecular complexity index is 332. The predicted molar refractivity (Wildman–Crippen MR) is 68.9 cm³/mol. The molecule has 0 spiro atoms. The summed E-state index contributed by atoms with van der Waals surface area (Å²) in [5.41, 5.74) is 0. The first-order valence-electron chi connectivity index (χ1n) is 6.36. The molecule has 0 radical (unpaired) electrons. The van der Waals surface area contributed by atoms with E-state index in [0.717, 1.165) is 6.04 Å². The minimum atomic E-state index is 0.518. The van der Waals surface area contributed by atoms with Gasteiger partial charge in [-0.05, 0) is 37.6 Å². The van der Waals surface area contributed by atoms with Crippen LogP contribution in [0.2, 0.25) is 0 Å². The molecule has 2 atom stereocenters. The van der Waals surface area contributed by atoms with Crippen LogP contribution in [0.25, 0.3) is 0 Å². The van der Waals surface area contributed by atoms with Gasteiger partial charge in [-0.1, -0.05) is 6.07 Å². The lowest BCUT2D eigenvalue weighted by molar-refractivity contribution is 0.314. The third-order valence-electron chi connectivity index (χ3n) is 3.74. The van der Waals surface area contributed by atoms with Crippen LogP contribution < -0.4 is 5.32 Å². The Kier molecular flexibility index (Phi) is 3.01. The second-order valence-corrected chi connectivity index (χ2v) is 6.09. The third-order valence-corrected chi connectivity index (χ3v) is 4.79. The number of nitrogens with zero attached hydrogens (tertiary/aromatic N) is 1. The zero-order valence-corrected chi connectivity index (χ0v) is 10.7. The first kappa shape index (κ1) is 10.8. The fraction of sp³-hybridized carbons (Fsp3) is 0.692. The third kappa shape index (κ3) is 2.31. The summed E-state index contributed by atoms with van der Waals surface area (Å²) in [6.07, 6.45) is 4.20. The number of nitrogens with one attached hydrogen (secondary N) is 1. The second-order valence-electron chi connectivity index (χ2n) is 5.12. The van der Waals surface area contributed by atoms with Crippen LogP contribution in [0.3, 0.4) is 0 Å². The summed E-state index contributed by atoms with van der Waals surface area (Å²) in [7, 11) is 0. The van der Waals surface area contributed by atoms with Gasteiger partial charge in [-0.15, -0.1) is 11.3 Å². The topological polar surface area (TPSA) is 15.3 Å². The summed E-state index contributed by atoms with van der Waals surface area (Å²) in [5.74, 6) is 0. The first-order valence-corrected chi connectivity index (χ1v) is 7.24. The van der Waals surface area contributed by atoms with Gasteiger partial charge < -0.3 is 5.32 Å². The molecule has 1 aliphatic heterocycles. The highest BCUT2D eigenvalue weighted by Crippen LogP contribution is 2.30. The monoisotopic (exact) mass is 236 g/mol. The standard InChI is InChI=1S/C13H20N2S/c1-10(13-3-2-8-16-13)14-11-6-7-15(9-11)12-4-5-12/h2-3,8,10-12,14H,4-7,9H2,1H3. The van der Waals surface area contributed by atoms with E-state index < -0.39 is 0 Å². The normalized spacial score (nSPS) is 28.4. The van der Waals surface area contributed by atoms with E-state index in [1.165, 1.54) is 37.2 Å². The number of likely N-dealkylation sites (tertiary alicyclic amines) is 1. The molecular weight excluding hydrogens is 216 g/mol. The maximum atomic E-state index is 3.76. The van der Waals surface area contributed by atoms with Crippen molar-refractivity contribution in [3.8, 4) is 0 Å². The minimum absolute atomic E-state index is 0.518. The molecule has 2 fully saturated rings. The molecule has 3 rings (SSSR count). The fourth-order valence-corrected chi connectivity index (χ4v) is 3.41. The van der Waals surface area contributed by atoms with Crippen molar-refractivity contribution in [3.63, 3.8) is 0 Å². The smallest absolute Gasteiger partial charge is 0.0388 e. The van der Waals surface area contributed by atoms with Crippen LogP contribution in [-0.2, 0) is 0 Å². The van der Waals surface area contributed by atoms with Gasteiger partial charge in [0, 0.05) is 36.1 Å². The lowest BCUT2D eigenvalue weighted by atomic mass is 10.2. The van der Waals surface area contributed by atoms with E-state index in [1.807, 2.05) is 11.3 Å². The van der Waals surface area contributed by atoms with E-state index in [4.69, 9.17) is 0 Å². The van der Waals surface area contributed by atoms with Crippen molar-refractivity contribution in [2.45, 2.75) is 44.3 Å². The molecule has 1 N–H and O–H groups in total. The lowest BCUT2D eigenvalue weighted by Crippen LogP contribution is -2.34. The quantitative estimate of drug-likeness (QED) is 0.864. The molecule has 16 heavy (non-hydrogen) atoms. The zero-order chi connectivity index (χ0) is 11.0. The van der Waals surface area contributed by atoms with E-state index >= 15 is 0 Å². The summed E-state index contributed by atoms with van der Waals surface area (Å²) in [6.45, 7) is 4.85. The molecule has 88 valence electrons. The van der Waals surface area contributed by atoms with Crippen molar-refractivity contribution in [2.75, 3.05) is 13.1 Å². The Balaban J connectivity index is 1.51. The summed E-state index contributed by atoms with van der Waals surface area (Å²) < 4.78 is 0. The van der Waals surface area contributed by atoms with Crippen LogP contribution in [0.15, 0.2) is 17.5 Å². The van der Waals surface area contributed by atoms with Crippen LogP contribution >= 0.6 is 11.3 Å². The van der Waals surface area contributed by atoms with Crippen molar-refractivity contribution < 1.29 is 0 Å². The number of rotatable bonds is 4. The molecule has 0 aromatic carbocycles. The zero-order valence-electron chi connectivity index (χ0n) is 9.86. The van der Waals surface area contributed by atoms with E-state index in [0.29, 0.717) is 12.1 Å². The van der Waals surface area contributed by atoms with E-state index in [9.17, 15) is 0 Å². The van der Waals surface area contributed by atoms with Crippen molar-refractivity contribution in [1.29, 1.82) is 0 Å². The Hall–Kier alpha value is -0.380. The molecular formula is C13H20N2S. The highest BCUT2D eigenvalue weighted by molar-refractivity contribution is 7.10. The highest BCUT2D eigenvalue weighted by Gasteiger charge is 2.34. The van der Waals surface area contributed by atoms with Gasteiger partial charge in [0.1, 0.15) is 0 Å². The maximum Gasteiger partial charge on any atom is 0.0388 e. The largest absolute Gasteiger partial charge is 0.305 e. The summed E-state index contributed by atoms with van der Waals surface area (Å²) in [6, 6.07) is 6.53. The van der Waals surface area contributed by atoms with Gasteiger partial charge in [-0.25, -0.2) is 0 Å². The lowest BCUT2D eigenvalue weighted by Gasteiger charge is -2.19. The number of hydrogen-bond donors (Lipinski definition) is 1. The van der Waals surface area contributed by atoms with Crippen molar-refractivity contribution in [3.05, 3.63) is 22.4 Å². The Morgan fingerprint density at radius 2 is 2.31 bits per heavy atom. The molecule has 2 unspecified atom stereocenters. The second kappa shape index (κ2) is 4.47. The molecule has 1 saturated heterocycles. The molecule has 2 heterocycles. The van der Waals surface area contributed by atoms with Crippen molar-refractivity contribution in [1.82, 2.24) is 10.2 Å². The number of thiophene rings is 1. The van der Waals surface area contributed by atoms with Gasteiger partial charge in [0.05, 0.1) is 0 Å². The van der Waals surface area contributed by atoms with E-state index in [2.05, 4.69) is 34.7 Å². The van der Waals surface area contributed by atoms with Gasteiger partial charge >= 0.3 is 0 Å². The SMILES string of the molecule is CC(NC1CCN(C2CC2)C1)c1cccs1. The van der Waals surface area contributed by atoms with Crippen molar-refractivity contribution in [2.24, 2.45) is 0 Å². The van der Waals surface area contributed by atoms with Gasteiger partial charge in [0.25, 0.3) is 0 Å².